The summed E-state index contributed by atoms with van der Waals surface area (Å²) in [6, 6.07) is 16.4. The highest BCUT2D eigenvalue weighted by Crippen LogP contribution is 2.17. The van der Waals surface area contributed by atoms with Crippen molar-refractivity contribution in [3.63, 3.8) is 0 Å². The molecule has 3 aromatic rings. The summed E-state index contributed by atoms with van der Waals surface area (Å²) in [5.41, 5.74) is 7.94. The number of hydrogen-bond donors (Lipinski definition) is 3. The number of anilines is 3. The largest absolute Gasteiger partial charge is 0.368 e. The fourth-order valence-corrected chi connectivity index (χ4v) is 2.52. The van der Waals surface area contributed by atoms with Crippen LogP contribution in [0.5, 0.6) is 0 Å². The Morgan fingerprint density at radius 3 is 2.38 bits per heavy atom. The van der Waals surface area contributed by atoms with Crippen LogP contribution in [0.1, 0.15) is 24.1 Å². The third-order valence-corrected chi connectivity index (χ3v) is 3.91. The highest BCUT2D eigenvalue weighted by Gasteiger charge is 2.09. The molecule has 1 heterocycles. The molecule has 1 atom stereocenters. The Morgan fingerprint density at radius 1 is 0.962 bits per heavy atom. The van der Waals surface area contributed by atoms with Crippen LogP contribution in [0.4, 0.5) is 22.2 Å². The molecule has 0 spiro atoms. The second-order valence-electron chi connectivity index (χ2n) is 5.92. The topological polar surface area (TPSA) is 88.8 Å². The van der Waals surface area contributed by atoms with Gasteiger partial charge in [0.1, 0.15) is 5.82 Å². The van der Waals surface area contributed by atoms with E-state index in [2.05, 4.69) is 25.6 Å². The number of halogens is 1. The van der Waals surface area contributed by atoms with Crippen LogP contribution in [0.3, 0.4) is 0 Å². The molecule has 0 aliphatic heterocycles. The molecule has 134 valence electrons. The van der Waals surface area contributed by atoms with Crippen molar-refractivity contribution >= 4 is 17.8 Å². The number of rotatable bonds is 7. The normalized spacial score (nSPS) is 11.8. The van der Waals surface area contributed by atoms with Crippen LogP contribution in [0.25, 0.3) is 0 Å². The molecule has 0 saturated heterocycles. The van der Waals surface area contributed by atoms with E-state index in [1.807, 2.05) is 37.3 Å². The molecule has 6 nitrogen and oxygen atoms in total. The van der Waals surface area contributed by atoms with Gasteiger partial charge in [-0.05, 0) is 36.6 Å². The van der Waals surface area contributed by atoms with Crippen LogP contribution in [-0.4, -0.2) is 21.5 Å². The van der Waals surface area contributed by atoms with Crippen molar-refractivity contribution in [1.82, 2.24) is 15.0 Å². The lowest BCUT2D eigenvalue weighted by atomic mass is 10.1. The molecule has 2 aromatic carbocycles. The molecular weight excluding hydrogens is 331 g/mol. The molecule has 0 bridgehead atoms. The van der Waals surface area contributed by atoms with Crippen LogP contribution in [0, 0.1) is 5.82 Å². The number of aromatic nitrogens is 3. The number of nitrogens with zero attached hydrogens (tertiary/aromatic N) is 3. The maximum atomic E-state index is 12.9. The lowest BCUT2D eigenvalue weighted by molar-refractivity contribution is 0.627. The summed E-state index contributed by atoms with van der Waals surface area (Å²) in [4.78, 5) is 12.6. The first kappa shape index (κ1) is 17.6. The van der Waals surface area contributed by atoms with Gasteiger partial charge >= 0.3 is 0 Å². The molecule has 0 radical (unpaired) electrons. The fourth-order valence-electron chi connectivity index (χ4n) is 2.52. The van der Waals surface area contributed by atoms with Crippen molar-refractivity contribution in [2.45, 2.75) is 19.4 Å². The predicted molar refractivity (Wildman–Crippen MR) is 101 cm³/mol. The third-order valence-electron chi connectivity index (χ3n) is 3.91. The maximum absolute atomic E-state index is 12.9. The van der Waals surface area contributed by atoms with Gasteiger partial charge in [-0.2, -0.15) is 15.0 Å². The van der Waals surface area contributed by atoms with Gasteiger partial charge in [-0.25, -0.2) is 4.39 Å². The van der Waals surface area contributed by atoms with Crippen LogP contribution >= 0.6 is 0 Å². The number of nitrogen functional groups attached to an aromatic ring is 1. The molecule has 0 saturated carbocycles. The summed E-state index contributed by atoms with van der Waals surface area (Å²) in [6.45, 7) is 2.62. The van der Waals surface area contributed by atoms with E-state index in [0.29, 0.717) is 18.4 Å². The van der Waals surface area contributed by atoms with E-state index in [1.54, 1.807) is 12.1 Å². The zero-order valence-corrected chi connectivity index (χ0v) is 14.5. The molecule has 0 aliphatic rings. The van der Waals surface area contributed by atoms with E-state index >= 15 is 0 Å². The van der Waals surface area contributed by atoms with Crippen molar-refractivity contribution in [3.8, 4) is 0 Å². The molecule has 1 aromatic heterocycles. The predicted octanol–water partition coefficient (Wildman–Crippen LogP) is 3.42. The van der Waals surface area contributed by atoms with Crippen LogP contribution in [0.15, 0.2) is 54.6 Å². The SMILES string of the molecule is C[C@H](Nc1nc(N)nc(NCCc2ccc(F)cc2)n1)c1ccccc1. The molecule has 0 amide bonds. The average Bonchev–Trinajstić information content (AvgIpc) is 2.64. The minimum absolute atomic E-state index is 0.0325. The van der Waals surface area contributed by atoms with Gasteiger partial charge in [0.05, 0.1) is 6.04 Å². The van der Waals surface area contributed by atoms with Gasteiger partial charge in [-0.1, -0.05) is 42.5 Å². The van der Waals surface area contributed by atoms with Gasteiger partial charge in [-0.15, -0.1) is 0 Å². The zero-order valence-electron chi connectivity index (χ0n) is 14.5. The molecule has 7 heteroatoms. The fraction of sp³-hybridized carbons (Fsp3) is 0.211. The monoisotopic (exact) mass is 352 g/mol. The molecule has 4 N–H and O–H groups in total. The molecule has 0 aliphatic carbocycles. The zero-order chi connectivity index (χ0) is 18.4. The minimum Gasteiger partial charge on any atom is -0.368 e. The van der Waals surface area contributed by atoms with E-state index in [-0.39, 0.29) is 17.8 Å². The number of nitrogens with two attached hydrogens (primary N) is 1. The van der Waals surface area contributed by atoms with Gasteiger partial charge in [0.25, 0.3) is 0 Å². The first-order valence-corrected chi connectivity index (χ1v) is 8.41. The first-order valence-electron chi connectivity index (χ1n) is 8.41. The van der Waals surface area contributed by atoms with Crippen molar-refractivity contribution in [2.75, 3.05) is 22.9 Å². The first-order chi connectivity index (χ1) is 12.6. The Kier molecular flexibility index (Phi) is 5.58. The Hall–Kier alpha value is -3.22. The second-order valence-corrected chi connectivity index (χ2v) is 5.92. The van der Waals surface area contributed by atoms with Crippen molar-refractivity contribution < 1.29 is 4.39 Å². The maximum Gasteiger partial charge on any atom is 0.229 e. The van der Waals surface area contributed by atoms with Crippen LogP contribution < -0.4 is 16.4 Å². The van der Waals surface area contributed by atoms with Gasteiger partial charge in [-0.3, -0.25) is 0 Å². The van der Waals surface area contributed by atoms with E-state index in [9.17, 15) is 4.39 Å². The Labute approximate surface area is 151 Å². The smallest absolute Gasteiger partial charge is 0.229 e. The lowest BCUT2D eigenvalue weighted by Crippen LogP contribution is -2.14. The molecule has 0 unspecified atom stereocenters. The molecule has 0 fully saturated rings. The number of hydrogen-bond acceptors (Lipinski definition) is 6. The minimum atomic E-state index is -0.241. The quantitative estimate of drug-likeness (QED) is 0.604. The van der Waals surface area contributed by atoms with Gasteiger partial charge in [0.15, 0.2) is 0 Å². The number of benzene rings is 2. The van der Waals surface area contributed by atoms with Crippen molar-refractivity contribution in [1.29, 1.82) is 0 Å². The van der Waals surface area contributed by atoms with Crippen LogP contribution in [-0.2, 0) is 6.42 Å². The van der Waals surface area contributed by atoms with E-state index in [0.717, 1.165) is 17.5 Å². The summed E-state index contributed by atoms with van der Waals surface area (Å²) in [7, 11) is 0. The van der Waals surface area contributed by atoms with Crippen LogP contribution in [0.2, 0.25) is 0 Å². The second kappa shape index (κ2) is 8.24. The van der Waals surface area contributed by atoms with Gasteiger partial charge < -0.3 is 16.4 Å². The third kappa shape index (κ3) is 4.89. The Bertz CT molecular complexity index is 838. The highest BCUT2D eigenvalue weighted by atomic mass is 19.1. The summed E-state index contributed by atoms with van der Waals surface area (Å²) >= 11 is 0. The highest BCUT2D eigenvalue weighted by molar-refractivity contribution is 5.41. The number of nitrogens with one attached hydrogen (secondary N) is 2. The summed E-state index contributed by atoms with van der Waals surface area (Å²) < 4.78 is 12.9. The average molecular weight is 352 g/mol. The summed E-state index contributed by atoms with van der Waals surface area (Å²) in [5.74, 6) is 0.725. The van der Waals surface area contributed by atoms with Gasteiger partial charge in [0.2, 0.25) is 17.8 Å². The van der Waals surface area contributed by atoms with E-state index in [4.69, 9.17) is 5.73 Å². The van der Waals surface area contributed by atoms with Crippen molar-refractivity contribution in [2.24, 2.45) is 0 Å². The summed E-state index contributed by atoms with van der Waals surface area (Å²) in [5, 5.41) is 6.36. The van der Waals surface area contributed by atoms with Gasteiger partial charge in [0, 0.05) is 6.54 Å². The standard InChI is InChI=1S/C19H21FN6/c1-13(15-5-3-2-4-6-15)23-19-25-17(21)24-18(26-19)22-12-11-14-7-9-16(20)10-8-14/h2-10,13H,11-12H2,1H3,(H4,21,22,23,24,25,26)/t13-/m0/s1. The van der Waals surface area contributed by atoms with Crippen molar-refractivity contribution in [3.05, 3.63) is 71.5 Å². The molecule has 26 heavy (non-hydrogen) atoms. The lowest BCUT2D eigenvalue weighted by Gasteiger charge is -2.15. The van der Waals surface area contributed by atoms with E-state index < -0.39 is 0 Å². The van der Waals surface area contributed by atoms with E-state index in [1.165, 1.54) is 12.1 Å². The Balaban J connectivity index is 1.61. The molecule has 3 rings (SSSR count). The summed E-state index contributed by atoms with van der Waals surface area (Å²) in [6.07, 6.45) is 0.717. The Morgan fingerprint density at radius 2 is 1.65 bits per heavy atom. The molecular formula is C19H21FN6.